The zero-order chi connectivity index (χ0) is 11.1. The average molecular weight is 295 g/mol. The summed E-state index contributed by atoms with van der Waals surface area (Å²) < 4.78 is 11.5. The summed E-state index contributed by atoms with van der Waals surface area (Å²) in [7, 11) is 0. The molecule has 0 saturated carbocycles. The van der Waals surface area contributed by atoms with Crippen molar-refractivity contribution in [1.29, 1.82) is 0 Å². The Kier molecular flexibility index (Phi) is 6.02. The van der Waals surface area contributed by atoms with Gasteiger partial charge in [0.1, 0.15) is 12.4 Å². The van der Waals surface area contributed by atoms with Crippen LogP contribution in [0, 0.1) is 0 Å². The Balaban J connectivity index is 2.31. The summed E-state index contributed by atoms with van der Waals surface area (Å²) in [6.07, 6.45) is 0. The summed E-state index contributed by atoms with van der Waals surface area (Å²) in [5, 5.41) is 0.675. The number of hydrogen-bond donors (Lipinski definition) is 1. The van der Waals surface area contributed by atoms with E-state index in [9.17, 15) is 0 Å². The van der Waals surface area contributed by atoms with Gasteiger partial charge in [-0.15, -0.1) is 0 Å². The molecule has 0 saturated heterocycles. The minimum Gasteiger partial charge on any atom is -0.490 e. The molecule has 0 fully saturated rings. The van der Waals surface area contributed by atoms with Gasteiger partial charge in [0.25, 0.3) is 0 Å². The summed E-state index contributed by atoms with van der Waals surface area (Å²) in [5.74, 6) is 0.760. The molecule has 0 atom stereocenters. The van der Waals surface area contributed by atoms with Crippen molar-refractivity contribution in [2.24, 2.45) is 5.73 Å². The van der Waals surface area contributed by atoms with Gasteiger partial charge in [-0.25, -0.2) is 0 Å². The second-order valence-corrected chi connectivity index (χ2v) is 4.12. The van der Waals surface area contributed by atoms with Gasteiger partial charge in [0.05, 0.1) is 17.7 Å². The van der Waals surface area contributed by atoms with Crippen LogP contribution in [-0.4, -0.2) is 26.4 Å². The molecule has 3 nitrogen and oxygen atoms in total. The zero-order valence-corrected chi connectivity index (χ0v) is 10.6. The Bertz CT molecular complexity index is 309. The molecule has 0 spiro atoms. The number of halogens is 2. The third-order valence-corrected chi connectivity index (χ3v) is 2.50. The molecule has 1 rings (SSSR count). The Morgan fingerprint density at radius 3 is 2.73 bits per heavy atom. The molecule has 0 amide bonds. The van der Waals surface area contributed by atoms with E-state index in [-0.39, 0.29) is 0 Å². The van der Waals surface area contributed by atoms with Crippen LogP contribution in [0.4, 0.5) is 0 Å². The molecule has 0 unspecified atom stereocenters. The molecule has 1 aromatic carbocycles. The minimum atomic E-state index is 0.500. The lowest BCUT2D eigenvalue weighted by Crippen LogP contribution is -2.13. The third-order valence-electron chi connectivity index (χ3n) is 1.64. The van der Waals surface area contributed by atoms with Gasteiger partial charge in [-0.3, -0.25) is 0 Å². The smallest absolute Gasteiger partial charge is 0.133 e. The van der Waals surface area contributed by atoms with Crippen LogP contribution in [0.15, 0.2) is 22.7 Å². The maximum Gasteiger partial charge on any atom is 0.133 e. The zero-order valence-electron chi connectivity index (χ0n) is 8.21. The van der Waals surface area contributed by atoms with E-state index in [0.717, 1.165) is 10.2 Å². The molecule has 15 heavy (non-hydrogen) atoms. The fourth-order valence-corrected chi connectivity index (χ4v) is 1.79. The molecule has 0 bridgehead atoms. The van der Waals surface area contributed by atoms with Crippen LogP contribution in [0.3, 0.4) is 0 Å². The molecular formula is C10H13BrClNO2. The quantitative estimate of drug-likeness (QED) is 0.820. The lowest BCUT2D eigenvalue weighted by atomic mass is 10.3. The molecule has 84 valence electrons. The van der Waals surface area contributed by atoms with Gasteiger partial charge in [-0.1, -0.05) is 11.6 Å². The van der Waals surface area contributed by atoms with E-state index in [0.29, 0.717) is 31.4 Å². The van der Waals surface area contributed by atoms with Crippen molar-refractivity contribution in [2.75, 3.05) is 26.4 Å². The van der Waals surface area contributed by atoms with E-state index in [1.54, 1.807) is 12.1 Å². The van der Waals surface area contributed by atoms with Gasteiger partial charge in [-0.2, -0.15) is 0 Å². The van der Waals surface area contributed by atoms with Gasteiger partial charge in [-0.05, 0) is 34.1 Å². The fraction of sp³-hybridized carbons (Fsp3) is 0.400. The van der Waals surface area contributed by atoms with E-state index < -0.39 is 0 Å². The van der Waals surface area contributed by atoms with Crippen LogP contribution in [0.1, 0.15) is 0 Å². The number of rotatable bonds is 6. The Morgan fingerprint density at radius 2 is 2.07 bits per heavy atom. The van der Waals surface area contributed by atoms with Crippen molar-refractivity contribution in [2.45, 2.75) is 0 Å². The van der Waals surface area contributed by atoms with Gasteiger partial charge in [0.15, 0.2) is 0 Å². The van der Waals surface area contributed by atoms with Crippen molar-refractivity contribution in [3.8, 4) is 5.75 Å². The van der Waals surface area contributed by atoms with Crippen molar-refractivity contribution in [3.63, 3.8) is 0 Å². The van der Waals surface area contributed by atoms with Gasteiger partial charge >= 0.3 is 0 Å². The number of nitrogens with two attached hydrogens (primary N) is 1. The molecular weight excluding hydrogens is 281 g/mol. The highest BCUT2D eigenvalue weighted by atomic mass is 79.9. The molecule has 0 aliphatic carbocycles. The van der Waals surface area contributed by atoms with E-state index >= 15 is 0 Å². The van der Waals surface area contributed by atoms with Gasteiger partial charge < -0.3 is 15.2 Å². The van der Waals surface area contributed by atoms with Crippen molar-refractivity contribution in [3.05, 3.63) is 27.7 Å². The number of benzene rings is 1. The summed E-state index contributed by atoms with van der Waals surface area (Å²) >= 11 is 9.16. The highest BCUT2D eigenvalue weighted by molar-refractivity contribution is 9.10. The molecule has 0 heterocycles. The summed E-state index contributed by atoms with van der Waals surface area (Å²) in [6.45, 7) is 2.13. The monoisotopic (exact) mass is 293 g/mol. The van der Waals surface area contributed by atoms with Crippen LogP contribution in [-0.2, 0) is 4.74 Å². The first-order valence-electron chi connectivity index (χ1n) is 4.59. The Morgan fingerprint density at radius 1 is 1.27 bits per heavy atom. The first-order chi connectivity index (χ1) is 7.24. The molecule has 2 N–H and O–H groups in total. The van der Waals surface area contributed by atoms with Crippen LogP contribution >= 0.6 is 27.5 Å². The van der Waals surface area contributed by atoms with Crippen molar-refractivity contribution in [1.82, 2.24) is 0 Å². The Hall–Kier alpha value is -0.290. The highest BCUT2D eigenvalue weighted by Crippen LogP contribution is 2.27. The first kappa shape index (κ1) is 12.8. The maximum absolute atomic E-state index is 5.80. The van der Waals surface area contributed by atoms with Crippen LogP contribution in [0.25, 0.3) is 0 Å². The van der Waals surface area contributed by atoms with E-state index in [1.165, 1.54) is 0 Å². The largest absolute Gasteiger partial charge is 0.490 e. The van der Waals surface area contributed by atoms with Gasteiger partial charge in [0.2, 0.25) is 0 Å². The summed E-state index contributed by atoms with van der Waals surface area (Å²) in [4.78, 5) is 0. The number of ether oxygens (including phenoxy) is 2. The molecule has 0 aromatic heterocycles. The summed E-state index contributed by atoms with van der Waals surface area (Å²) in [5.41, 5.74) is 5.27. The fourth-order valence-electron chi connectivity index (χ4n) is 0.988. The van der Waals surface area contributed by atoms with E-state index in [2.05, 4.69) is 15.9 Å². The van der Waals surface area contributed by atoms with Crippen molar-refractivity contribution < 1.29 is 9.47 Å². The molecule has 5 heteroatoms. The maximum atomic E-state index is 5.80. The van der Waals surface area contributed by atoms with Crippen molar-refractivity contribution >= 4 is 27.5 Å². The topological polar surface area (TPSA) is 44.5 Å². The minimum absolute atomic E-state index is 0.500. The molecule has 0 aliphatic heterocycles. The SMILES string of the molecule is NCCOCCOc1ccc(Cl)cc1Br. The average Bonchev–Trinajstić information content (AvgIpc) is 2.20. The molecule has 0 aliphatic rings. The lowest BCUT2D eigenvalue weighted by Gasteiger charge is -2.08. The molecule has 1 aromatic rings. The van der Waals surface area contributed by atoms with Crippen LogP contribution < -0.4 is 10.5 Å². The number of hydrogen-bond acceptors (Lipinski definition) is 3. The first-order valence-corrected chi connectivity index (χ1v) is 5.77. The highest BCUT2D eigenvalue weighted by Gasteiger charge is 2.01. The van der Waals surface area contributed by atoms with E-state index in [1.807, 2.05) is 6.07 Å². The summed E-state index contributed by atoms with van der Waals surface area (Å²) in [6, 6.07) is 5.38. The second kappa shape index (κ2) is 7.06. The normalized spacial score (nSPS) is 10.3. The molecule has 0 radical (unpaired) electrons. The lowest BCUT2D eigenvalue weighted by molar-refractivity contribution is 0.105. The van der Waals surface area contributed by atoms with E-state index in [4.69, 9.17) is 26.8 Å². The standard InChI is InChI=1S/C10H13BrClNO2/c11-9-7-8(12)1-2-10(9)15-6-5-14-4-3-13/h1-2,7H,3-6,13H2. The van der Waals surface area contributed by atoms with Gasteiger partial charge in [0, 0.05) is 11.6 Å². The predicted octanol–water partition coefficient (Wildman–Crippen LogP) is 2.46. The van der Waals surface area contributed by atoms with Crippen LogP contribution in [0.5, 0.6) is 5.75 Å². The Labute approximate surface area is 103 Å². The third kappa shape index (κ3) is 4.84. The predicted molar refractivity (Wildman–Crippen MR) is 64.5 cm³/mol. The van der Waals surface area contributed by atoms with Crippen LogP contribution in [0.2, 0.25) is 5.02 Å². The second-order valence-electron chi connectivity index (χ2n) is 2.82.